The number of rotatable bonds is 3. The zero-order chi connectivity index (χ0) is 31.3. The number of aromatic nitrogens is 1. The first-order chi connectivity index (χ1) is 23.8. The Kier molecular flexibility index (Phi) is 5.25. The van der Waals surface area contributed by atoms with Crippen LogP contribution in [0.1, 0.15) is 17.0 Å². The van der Waals surface area contributed by atoms with E-state index in [1.165, 1.54) is 88.6 Å². The van der Waals surface area contributed by atoms with Crippen LogP contribution in [0.15, 0.2) is 170 Å². The Morgan fingerprint density at radius 3 is 2.08 bits per heavy atom. The molecule has 11 rings (SSSR count). The molecule has 2 heterocycles. The van der Waals surface area contributed by atoms with E-state index in [-0.39, 0.29) is 12.0 Å². The third-order valence-corrected chi connectivity index (χ3v) is 10.9. The molecule has 0 bridgehead atoms. The highest BCUT2D eigenvalue weighted by molar-refractivity contribution is 6.19. The molecule has 0 radical (unpaired) electrons. The topological polar surface area (TPSA) is 8.17 Å². The molecule has 1 aromatic heterocycles. The Morgan fingerprint density at radius 1 is 0.479 bits per heavy atom. The van der Waals surface area contributed by atoms with Crippen molar-refractivity contribution in [2.75, 3.05) is 4.90 Å². The Bertz CT molecular complexity index is 2660. The van der Waals surface area contributed by atoms with Crippen molar-refractivity contribution in [1.29, 1.82) is 0 Å². The van der Waals surface area contributed by atoms with Crippen LogP contribution in [0.4, 0.5) is 11.4 Å². The average molecular weight is 611 g/mol. The minimum absolute atomic E-state index is 0.166. The highest BCUT2D eigenvalue weighted by Gasteiger charge is 2.39. The first kappa shape index (κ1) is 26.0. The number of allylic oxidation sites excluding steroid dienone is 2. The van der Waals surface area contributed by atoms with E-state index < -0.39 is 0 Å². The van der Waals surface area contributed by atoms with E-state index >= 15 is 0 Å². The molecule has 224 valence electrons. The van der Waals surface area contributed by atoms with Crippen LogP contribution < -0.4 is 4.90 Å². The van der Waals surface area contributed by atoms with E-state index in [0.717, 1.165) is 0 Å². The van der Waals surface area contributed by atoms with Crippen LogP contribution in [0, 0.1) is 0 Å². The average Bonchev–Trinajstić information content (AvgIpc) is 3.78. The van der Waals surface area contributed by atoms with Crippen molar-refractivity contribution in [3.05, 3.63) is 181 Å². The zero-order valence-corrected chi connectivity index (χ0v) is 26.2. The molecule has 7 aromatic carbocycles. The highest BCUT2D eigenvalue weighted by Crippen LogP contribution is 2.54. The predicted octanol–water partition coefficient (Wildman–Crippen LogP) is 11.8. The molecule has 0 amide bonds. The van der Waals surface area contributed by atoms with Crippen molar-refractivity contribution in [3.8, 4) is 27.9 Å². The fraction of sp³-hybridized carbons (Fsp3) is 0.0435. The van der Waals surface area contributed by atoms with Gasteiger partial charge in [-0.25, -0.2) is 0 Å². The molecule has 3 aliphatic rings. The fourth-order valence-corrected chi connectivity index (χ4v) is 8.83. The molecule has 0 saturated heterocycles. The van der Waals surface area contributed by atoms with Crippen LogP contribution in [-0.2, 0) is 0 Å². The van der Waals surface area contributed by atoms with E-state index in [0.29, 0.717) is 0 Å². The van der Waals surface area contributed by atoms with E-state index in [2.05, 4.69) is 179 Å². The minimum atomic E-state index is 0.166. The molecule has 1 aliphatic heterocycles. The molecule has 0 spiro atoms. The second-order valence-corrected chi connectivity index (χ2v) is 13.3. The molecule has 2 nitrogen and oxygen atoms in total. The van der Waals surface area contributed by atoms with Gasteiger partial charge in [-0.2, -0.15) is 0 Å². The lowest BCUT2D eigenvalue weighted by Crippen LogP contribution is -2.29. The summed E-state index contributed by atoms with van der Waals surface area (Å²) >= 11 is 0. The summed E-state index contributed by atoms with van der Waals surface area (Å²) in [6.07, 6.45) is 7.30. The Morgan fingerprint density at radius 2 is 1.19 bits per heavy atom. The summed E-state index contributed by atoms with van der Waals surface area (Å²) in [6.45, 7) is 0. The van der Waals surface area contributed by atoms with Gasteiger partial charge in [-0.3, -0.25) is 0 Å². The summed E-state index contributed by atoms with van der Waals surface area (Å²) in [7, 11) is 0. The molecular weight excluding hydrogens is 581 g/mol. The lowest BCUT2D eigenvalue weighted by molar-refractivity contribution is 0.749. The van der Waals surface area contributed by atoms with Gasteiger partial charge in [0.1, 0.15) is 0 Å². The number of benzene rings is 7. The van der Waals surface area contributed by atoms with Gasteiger partial charge in [0.15, 0.2) is 0 Å². The Balaban J connectivity index is 1.09. The summed E-state index contributed by atoms with van der Waals surface area (Å²) in [5.74, 6) is 0.282. The van der Waals surface area contributed by atoms with Gasteiger partial charge in [-0.05, 0) is 80.7 Å². The third-order valence-electron chi connectivity index (χ3n) is 10.9. The third kappa shape index (κ3) is 3.47. The number of nitrogens with zero attached hydrogens (tertiary/aromatic N) is 2. The number of hydrogen-bond donors (Lipinski definition) is 0. The highest BCUT2D eigenvalue weighted by atomic mass is 15.2. The Hall–Kier alpha value is -6.12. The summed E-state index contributed by atoms with van der Waals surface area (Å²) in [6, 6.07) is 56.0. The van der Waals surface area contributed by atoms with Crippen molar-refractivity contribution >= 4 is 49.5 Å². The van der Waals surface area contributed by atoms with Gasteiger partial charge >= 0.3 is 0 Å². The Labute approximate surface area is 279 Å². The summed E-state index contributed by atoms with van der Waals surface area (Å²) < 4.78 is 2.41. The van der Waals surface area contributed by atoms with Gasteiger partial charge in [0.2, 0.25) is 0 Å². The minimum Gasteiger partial charge on any atom is -0.333 e. The number of anilines is 2. The molecular formula is C46H30N2. The zero-order valence-electron chi connectivity index (χ0n) is 26.2. The van der Waals surface area contributed by atoms with Gasteiger partial charge in [0.25, 0.3) is 0 Å². The van der Waals surface area contributed by atoms with Crippen molar-refractivity contribution < 1.29 is 0 Å². The first-order valence-electron chi connectivity index (χ1n) is 16.9. The van der Waals surface area contributed by atoms with E-state index in [1.807, 2.05) is 0 Å². The number of hydrogen-bond acceptors (Lipinski definition) is 1. The van der Waals surface area contributed by atoms with Gasteiger partial charge in [-0.15, -0.1) is 0 Å². The maximum absolute atomic E-state index is 2.61. The number of para-hydroxylation sites is 3. The van der Waals surface area contributed by atoms with Crippen molar-refractivity contribution in [2.24, 2.45) is 0 Å². The lowest BCUT2D eigenvalue weighted by Gasteiger charge is -2.31. The van der Waals surface area contributed by atoms with Crippen molar-refractivity contribution in [3.63, 3.8) is 0 Å². The van der Waals surface area contributed by atoms with Crippen LogP contribution in [-0.4, -0.2) is 10.6 Å². The first-order valence-corrected chi connectivity index (χ1v) is 16.9. The van der Waals surface area contributed by atoms with E-state index in [1.54, 1.807) is 0 Å². The predicted molar refractivity (Wildman–Crippen MR) is 201 cm³/mol. The molecule has 2 heteroatoms. The SMILES string of the molecule is C1=CC2c3ccccc3N(c3ccc4c5c(cccc35)-c3ccccc3-4)C2C=C1c1ccc2c3ccccc3n(-c3ccccc3)c2c1. The normalized spacial score (nSPS) is 17.2. The molecule has 0 fully saturated rings. The van der Waals surface area contributed by atoms with Crippen LogP contribution in [0.25, 0.3) is 66.1 Å². The smallest absolute Gasteiger partial charge is 0.0635 e. The molecule has 2 atom stereocenters. The summed E-state index contributed by atoms with van der Waals surface area (Å²) in [5, 5.41) is 5.24. The van der Waals surface area contributed by atoms with Gasteiger partial charge in [0.05, 0.1) is 17.1 Å². The molecule has 48 heavy (non-hydrogen) atoms. The molecule has 2 unspecified atom stereocenters. The second-order valence-electron chi connectivity index (χ2n) is 13.3. The fourth-order valence-electron chi connectivity index (χ4n) is 8.83. The quantitative estimate of drug-likeness (QED) is 0.193. The van der Waals surface area contributed by atoms with Crippen molar-refractivity contribution in [1.82, 2.24) is 4.57 Å². The molecule has 0 saturated carbocycles. The second kappa shape index (κ2) is 9.70. The summed E-state index contributed by atoms with van der Waals surface area (Å²) in [4.78, 5) is 2.61. The van der Waals surface area contributed by atoms with E-state index in [4.69, 9.17) is 0 Å². The molecule has 0 N–H and O–H groups in total. The molecule has 2 aliphatic carbocycles. The number of fused-ring (bicyclic) bond motifs is 9. The van der Waals surface area contributed by atoms with Crippen LogP contribution in [0.5, 0.6) is 0 Å². The monoisotopic (exact) mass is 610 g/mol. The van der Waals surface area contributed by atoms with Gasteiger partial charge < -0.3 is 9.47 Å². The van der Waals surface area contributed by atoms with Gasteiger partial charge in [-0.1, -0.05) is 133 Å². The van der Waals surface area contributed by atoms with E-state index in [9.17, 15) is 0 Å². The maximum atomic E-state index is 2.61. The van der Waals surface area contributed by atoms with Crippen LogP contribution in [0.3, 0.4) is 0 Å². The van der Waals surface area contributed by atoms with Crippen molar-refractivity contribution in [2.45, 2.75) is 12.0 Å². The van der Waals surface area contributed by atoms with Gasteiger partial charge in [0, 0.05) is 39.1 Å². The largest absolute Gasteiger partial charge is 0.333 e. The summed E-state index contributed by atoms with van der Waals surface area (Å²) in [5.41, 5.74) is 15.5. The van der Waals surface area contributed by atoms with Crippen LogP contribution >= 0.6 is 0 Å². The lowest BCUT2D eigenvalue weighted by atomic mass is 9.86. The maximum Gasteiger partial charge on any atom is 0.0635 e. The standard InChI is InChI=1S/C46H30N2/c1-2-11-31(12-3-1)47-41-19-8-6-15-34(41)36-23-21-29(27-44(36)47)30-22-24-37-35-16-7-9-20-42(35)48(45(37)28-30)43-26-25-39-33-14-5-4-13-32(33)38-17-10-18-40(43)46(38)39/h1-28,37,45H. The molecule has 8 aromatic rings. The van der Waals surface area contributed by atoms with Crippen LogP contribution in [0.2, 0.25) is 0 Å².